The highest BCUT2D eigenvalue weighted by Crippen LogP contribution is 2.16. The largest absolute Gasteiger partial charge is 0.359 e. The summed E-state index contributed by atoms with van der Waals surface area (Å²) in [6, 6.07) is 0. The van der Waals surface area contributed by atoms with Gasteiger partial charge in [-0.25, -0.2) is 0 Å². The molecule has 1 aromatic rings. The topological polar surface area (TPSA) is 58.1 Å². The van der Waals surface area contributed by atoms with Gasteiger partial charge in [0.25, 0.3) is 0 Å². The van der Waals surface area contributed by atoms with Crippen molar-refractivity contribution in [2.24, 2.45) is 5.92 Å². The zero-order valence-corrected chi connectivity index (χ0v) is 11.1. The molecule has 0 spiro atoms. The molecule has 7 heteroatoms. The van der Waals surface area contributed by atoms with Crippen molar-refractivity contribution in [3.05, 3.63) is 9.47 Å². The van der Waals surface area contributed by atoms with Crippen LogP contribution in [0.25, 0.3) is 0 Å². The second kappa shape index (κ2) is 6.12. The van der Waals surface area contributed by atoms with Gasteiger partial charge in [-0.15, -0.1) is 10.2 Å². The van der Waals surface area contributed by atoms with E-state index in [4.69, 9.17) is 11.6 Å². The Balaban J connectivity index is 2.41. The molecule has 0 aliphatic carbocycles. The summed E-state index contributed by atoms with van der Waals surface area (Å²) in [7, 11) is 3.58. The quantitative estimate of drug-likeness (QED) is 0.860. The zero-order valence-electron chi connectivity index (χ0n) is 9.53. The highest BCUT2D eigenvalue weighted by Gasteiger charge is 2.14. The van der Waals surface area contributed by atoms with E-state index >= 15 is 0 Å². The third kappa shape index (κ3) is 4.03. The number of amides is 1. The molecule has 0 bridgehead atoms. The standard InChI is InChI=1S/C9H15ClN4OS/c1-6(8(15)11-2)4-14(3)5-7-12-13-9(10)16-7/h6H,4-5H2,1-3H3,(H,11,15). The fourth-order valence-corrected chi connectivity index (χ4v) is 2.34. The molecular weight excluding hydrogens is 248 g/mol. The van der Waals surface area contributed by atoms with Gasteiger partial charge in [0.15, 0.2) is 0 Å². The number of carbonyl (C=O) groups is 1. The van der Waals surface area contributed by atoms with E-state index in [2.05, 4.69) is 15.5 Å². The Labute approximate surface area is 104 Å². The lowest BCUT2D eigenvalue weighted by Gasteiger charge is -2.18. The fraction of sp³-hybridized carbons (Fsp3) is 0.667. The Morgan fingerprint density at radius 3 is 2.81 bits per heavy atom. The molecule has 0 radical (unpaired) electrons. The van der Waals surface area contributed by atoms with E-state index in [1.165, 1.54) is 11.3 Å². The zero-order chi connectivity index (χ0) is 12.1. The number of rotatable bonds is 5. The Hall–Kier alpha value is -0.720. The third-order valence-electron chi connectivity index (χ3n) is 2.13. The van der Waals surface area contributed by atoms with E-state index in [9.17, 15) is 4.79 Å². The van der Waals surface area contributed by atoms with Crippen LogP contribution in [-0.4, -0.2) is 41.6 Å². The first-order chi connectivity index (χ1) is 7.52. The number of hydrogen-bond acceptors (Lipinski definition) is 5. The molecule has 0 saturated heterocycles. The van der Waals surface area contributed by atoms with Gasteiger partial charge in [0.05, 0.1) is 6.54 Å². The van der Waals surface area contributed by atoms with E-state index in [1.54, 1.807) is 7.05 Å². The van der Waals surface area contributed by atoms with E-state index in [-0.39, 0.29) is 11.8 Å². The predicted octanol–water partition coefficient (Wildman–Crippen LogP) is 1.01. The maximum Gasteiger partial charge on any atom is 0.223 e. The maximum absolute atomic E-state index is 11.3. The van der Waals surface area contributed by atoms with Crippen LogP contribution in [0, 0.1) is 5.92 Å². The van der Waals surface area contributed by atoms with Crippen LogP contribution in [0.3, 0.4) is 0 Å². The van der Waals surface area contributed by atoms with Crippen molar-refractivity contribution < 1.29 is 4.79 Å². The molecule has 1 unspecified atom stereocenters. The molecule has 0 aliphatic heterocycles. The molecule has 0 fully saturated rings. The molecular formula is C9H15ClN4OS. The van der Waals surface area contributed by atoms with Gasteiger partial charge in [-0.05, 0) is 18.6 Å². The first kappa shape index (κ1) is 13.3. The fourth-order valence-electron chi connectivity index (χ4n) is 1.39. The lowest BCUT2D eigenvalue weighted by atomic mass is 10.1. The second-order valence-corrected chi connectivity index (χ2v) is 5.30. The third-order valence-corrected chi connectivity index (χ3v) is 3.13. The van der Waals surface area contributed by atoms with Crippen LogP contribution in [0.15, 0.2) is 0 Å². The minimum absolute atomic E-state index is 0.0432. The van der Waals surface area contributed by atoms with Gasteiger partial charge in [-0.3, -0.25) is 9.69 Å². The average Bonchev–Trinajstić information content (AvgIpc) is 2.62. The van der Waals surface area contributed by atoms with Crippen LogP contribution < -0.4 is 5.32 Å². The van der Waals surface area contributed by atoms with Gasteiger partial charge >= 0.3 is 0 Å². The van der Waals surface area contributed by atoms with E-state index < -0.39 is 0 Å². The number of nitrogens with one attached hydrogen (secondary N) is 1. The summed E-state index contributed by atoms with van der Waals surface area (Å²) in [6.45, 7) is 3.23. The molecule has 5 nitrogen and oxygen atoms in total. The minimum atomic E-state index is -0.0432. The van der Waals surface area contributed by atoms with Crippen LogP contribution in [0.4, 0.5) is 0 Å². The van der Waals surface area contributed by atoms with Gasteiger partial charge in [0.2, 0.25) is 10.4 Å². The Kier molecular flexibility index (Phi) is 5.11. The number of halogens is 1. The predicted molar refractivity (Wildman–Crippen MR) is 64.5 cm³/mol. The molecule has 1 N–H and O–H groups in total. The monoisotopic (exact) mass is 262 g/mol. The van der Waals surface area contributed by atoms with E-state index in [0.29, 0.717) is 17.6 Å². The number of nitrogens with zero attached hydrogens (tertiary/aromatic N) is 3. The van der Waals surface area contributed by atoms with Crippen LogP contribution in [0.1, 0.15) is 11.9 Å². The molecule has 1 amide bonds. The van der Waals surface area contributed by atoms with Crippen molar-refractivity contribution >= 4 is 28.8 Å². The molecule has 16 heavy (non-hydrogen) atoms. The Morgan fingerprint density at radius 1 is 1.62 bits per heavy atom. The van der Waals surface area contributed by atoms with E-state index in [0.717, 1.165) is 5.01 Å². The van der Waals surface area contributed by atoms with Gasteiger partial charge < -0.3 is 5.32 Å². The lowest BCUT2D eigenvalue weighted by Crippen LogP contribution is -2.34. The van der Waals surface area contributed by atoms with Crippen molar-refractivity contribution in [1.29, 1.82) is 0 Å². The summed E-state index contributed by atoms with van der Waals surface area (Å²) in [4.78, 5) is 13.3. The van der Waals surface area contributed by atoms with E-state index in [1.807, 2.05) is 18.9 Å². The van der Waals surface area contributed by atoms with Crippen molar-refractivity contribution in [2.75, 3.05) is 20.6 Å². The van der Waals surface area contributed by atoms with Crippen molar-refractivity contribution in [2.45, 2.75) is 13.5 Å². The second-order valence-electron chi connectivity index (χ2n) is 3.66. The maximum atomic E-state index is 11.3. The lowest BCUT2D eigenvalue weighted by molar-refractivity contribution is -0.124. The molecule has 1 rings (SSSR count). The highest BCUT2D eigenvalue weighted by molar-refractivity contribution is 7.15. The molecule has 0 aliphatic rings. The first-order valence-corrected chi connectivity index (χ1v) is 6.10. The Morgan fingerprint density at radius 2 is 2.31 bits per heavy atom. The number of aromatic nitrogens is 2. The summed E-state index contributed by atoms with van der Waals surface area (Å²) in [5, 5.41) is 11.1. The summed E-state index contributed by atoms with van der Waals surface area (Å²) in [6.07, 6.45) is 0. The summed E-state index contributed by atoms with van der Waals surface area (Å²) < 4.78 is 0.447. The smallest absolute Gasteiger partial charge is 0.223 e. The molecule has 0 aromatic carbocycles. The SMILES string of the molecule is CNC(=O)C(C)CN(C)Cc1nnc(Cl)s1. The van der Waals surface area contributed by atoms with Crippen molar-refractivity contribution in [1.82, 2.24) is 20.4 Å². The normalized spacial score (nSPS) is 12.8. The van der Waals surface area contributed by atoms with Gasteiger partial charge in [-0.1, -0.05) is 18.3 Å². The van der Waals surface area contributed by atoms with Crippen LogP contribution in [0.5, 0.6) is 0 Å². The van der Waals surface area contributed by atoms with Crippen LogP contribution in [0.2, 0.25) is 4.47 Å². The summed E-state index contributed by atoms with van der Waals surface area (Å²) >= 11 is 7.04. The molecule has 1 heterocycles. The van der Waals surface area contributed by atoms with Crippen LogP contribution >= 0.6 is 22.9 Å². The number of carbonyl (C=O) groups excluding carboxylic acids is 1. The number of hydrogen-bond donors (Lipinski definition) is 1. The highest BCUT2D eigenvalue weighted by atomic mass is 35.5. The van der Waals surface area contributed by atoms with Gasteiger partial charge in [0, 0.05) is 19.5 Å². The molecule has 0 saturated carbocycles. The average molecular weight is 263 g/mol. The molecule has 1 atom stereocenters. The summed E-state index contributed by atoms with van der Waals surface area (Å²) in [5.41, 5.74) is 0. The Bertz CT molecular complexity index is 357. The van der Waals surface area contributed by atoms with Gasteiger partial charge in [0.1, 0.15) is 5.01 Å². The van der Waals surface area contributed by atoms with Crippen molar-refractivity contribution in [3.8, 4) is 0 Å². The minimum Gasteiger partial charge on any atom is -0.359 e. The van der Waals surface area contributed by atoms with Crippen molar-refractivity contribution in [3.63, 3.8) is 0 Å². The van der Waals surface area contributed by atoms with Crippen LogP contribution in [-0.2, 0) is 11.3 Å². The molecule has 90 valence electrons. The van der Waals surface area contributed by atoms with Gasteiger partial charge in [-0.2, -0.15) is 0 Å². The summed E-state index contributed by atoms with van der Waals surface area (Å²) in [5.74, 6) is 0.000500. The molecule has 1 aromatic heterocycles. The first-order valence-electron chi connectivity index (χ1n) is 4.91.